The van der Waals surface area contributed by atoms with Gasteiger partial charge in [0.1, 0.15) is 0 Å². The first-order valence-electron chi connectivity index (χ1n) is 7.01. The molecule has 3 rings (SSSR count). The summed E-state index contributed by atoms with van der Waals surface area (Å²) in [6.07, 6.45) is 0.679. The average molecular weight is 280 g/mol. The first-order chi connectivity index (χ1) is 10.1. The van der Waals surface area contributed by atoms with E-state index in [2.05, 4.69) is 28.7 Å². The van der Waals surface area contributed by atoms with Gasteiger partial charge in [0, 0.05) is 11.3 Å². The van der Waals surface area contributed by atoms with Crippen LogP contribution in [0.1, 0.15) is 37.9 Å². The Balaban J connectivity index is 2.48. The van der Waals surface area contributed by atoms with Crippen LogP contribution in [-0.2, 0) is 6.42 Å². The Morgan fingerprint density at radius 3 is 2.81 bits per heavy atom. The van der Waals surface area contributed by atoms with Crippen molar-refractivity contribution >= 4 is 22.5 Å². The molecule has 0 amide bonds. The van der Waals surface area contributed by atoms with Crippen LogP contribution in [0.5, 0.6) is 0 Å². The second kappa shape index (κ2) is 4.74. The normalized spacial score (nSPS) is 11.4. The molecule has 0 spiro atoms. The fraction of sp³-hybridized carbons (Fsp3) is 0.312. The highest BCUT2D eigenvalue weighted by Crippen LogP contribution is 2.23. The molecule has 0 unspecified atom stereocenters. The maximum Gasteiger partial charge on any atom is 0.262 e. The van der Waals surface area contributed by atoms with Crippen LogP contribution in [0.3, 0.4) is 0 Å². The monoisotopic (exact) mass is 280 g/mol. The molecule has 5 heteroatoms. The molecule has 0 saturated carbocycles. The zero-order chi connectivity index (χ0) is 15.1. The third-order valence-corrected chi connectivity index (χ3v) is 3.73. The number of hydrogen-bond acceptors (Lipinski definition) is 2. The molecule has 0 saturated heterocycles. The van der Waals surface area contributed by atoms with E-state index in [1.54, 1.807) is 22.6 Å². The van der Waals surface area contributed by atoms with Gasteiger partial charge in [-0.25, -0.2) is 14.2 Å². The Bertz CT molecular complexity index is 941. The van der Waals surface area contributed by atoms with Gasteiger partial charge in [0.25, 0.3) is 5.56 Å². The van der Waals surface area contributed by atoms with E-state index in [9.17, 15) is 4.79 Å². The van der Waals surface area contributed by atoms with Gasteiger partial charge in [-0.3, -0.25) is 4.79 Å². The lowest BCUT2D eigenvalue weighted by Gasteiger charge is -2.11. The Morgan fingerprint density at radius 1 is 1.43 bits per heavy atom. The highest BCUT2D eigenvalue weighted by Gasteiger charge is 2.16. The number of imidazole rings is 1. The Labute approximate surface area is 122 Å². The van der Waals surface area contributed by atoms with Gasteiger partial charge in [-0.15, -0.1) is 0 Å². The second-order valence-electron chi connectivity index (χ2n) is 5.39. The molecule has 0 aliphatic rings. The van der Waals surface area contributed by atoms with E-state index in [0.29, 0.717) is 23.4 Å². The van der Waals surface area contributed by atoms with E-state index in [1.807, 2.05) is 6.92 Å². The molecule has 5 nitrogen and oxygen atoms in total. The molecule has 2 heterocycles. The quantitative estimate of drug-likeness (QED) is 0.731. The van der Waals surface area contributed by atoms with E-state index in [-0.39, 0.29) is 11.5 Å². The molecule has 0 radical (unpaired) electrons. The second-order valence-corrected chi connectivity index (χ2v) is 5.39. The van der Waals surface area contributed by atoms with Crippen LogP contribution < -0.4 is 5.56 Å². The molecule has 2 aromatic heterocycles. The van der Waals surface area contributed by atoms with Crippen LogP contribution in [-0.4, -0.2) is 14.4 Å². The molecule has 0 fully saturated rings. The first kappa shape index (κ1) is 13.4. The van der Waals surface area contributed by atoms with Gasteiger partial charge in [-0.05, 0) is 24.5 Å². The van der Waals surface area contributed by atoms with Crippen molar-refractivity contribution in [3.8, 4) is 0 Å². The zero-order valence-corrected chi connectivity index (χ0v) is 12.3. The molecule has 0 bridgehead atoms. The molecule has 0 atom stereocenters. The Morgan fingerprint density at radius 2 is 2.19 bits per heavy atom. The third kappa shape index (κ3) is 1.91. The van der Waals surface area contributed by atoms with Crippen LogP contribution in [0.4, 0.5) is 5.69 Å². The van der Waals surface area contributed by atoms with Crippen molar-refractivity contribution in [3.63, 3.8) is 0 Å². The lowest BCUT2D eigenvalue weighted by atomic mass is 10.0. The number of aromatic amines is 1. The number of benzene rings is 1. The van der Waals surface area contributed by atoms with Gasteiger partial charge in [-0.1, -0.05) is 26.8 Å². The smallest absolute Gasteiger partial charge is 0.262 e. The standard InChI is InChI=1S/C16H16N4O/c1-5-11-14(9(2)3)19-16-18-12-8-10(17-4)6-7-13(12)20(16)15(11)21/h6-9H,5H2,1-3H3,(H,18,19). The number of fused-ring (bicyclic) bond motifs is 3. The van der Waals surface area contributed by atoms with Gasteiger partial charge >= 0.3 is 0 Å². The lowest BCUT2D eigenvalue weighted by Crippen LogP contribution is -2.22. The van der Waals surface area contributed by atoms with E-state index in [0.717, 1.165) is 16.8 Å². The van der Waals surface area contributed by atoms with Crippen LogP contribution in [0.25, 0.3) is 21.7 Å². The van der Waals surface area contributed by atoms with Gasteiger partial charge < -0.3 is 4.98 Å². The van der Waals surface area contributed by atoms with Crippen molar-refractivity contribution in [2.24, 2.45) is 0 Å². The average Bonchev–Trinajstić information content (AvgIpc) is 2.84. The largest absolute Gasteiger partial charge is 0.328 e. The number of hydrogen-bond donors (Lipinski definition) is 1. The summed E-state index contributed by atoms with van der Waals surface area (Å²) in [7, 11) is 0. The summed E-state index contributed by atoms with van der Waals surface area (Å²) in [4.78, 5) is 23.9. The molecule has 1 aromatic carbocycles. The topological polar surface area (TPSA) is 54.5 Å². The molecule has 21 heavy (non-hydrogen) atoms. The number of nitrogens with one attached hydrogen (secondary N) is 1. The fourth-order valence-electron chi connectivity index (χ4n) is 2.71. The van der Waals surface area contributed by atoms with Crippen LogP contribution in [0, 0.1) is 6.57 Å². The summed E-state index contributed by atoms with van der Waals surface area (Å²) in [6, 6.07) is 5.21. The van der Waals surface area contributed by atoms with Crippen LogP contribution >= 0.6 is 0 Å². The molecule has 0 aliphatic carbocycles. The van der Waals surface area contributed by atoms with Crippen molar-refractivity contribution in [1.82, 2.24) is 14.4 Å². The number of nitrogens with zero attached hydrogens (tertiary/aromatic N) is 3. The maximum atomic E-state index is 12.8. The van der Waals surface area contributed by atoms with Crippen LogP contribution in [0.2, 0.25) is 0 Å². The summed E-state index contributed by atoms with van der Waals surface area (Å²) >= 11 is 0. The van der Waals surface area contributed by atoms with Crippen molar-refractivity contribution in [2.45, 2.75) is 33.1 Å². The van der Waals surface area contributed by atoms with Gasteiger partial charge in [0.2, 0.25) is 5.78 Å². The first-order valence-corrected chi connectivity index (χ1v) is 7.01. The van der Waals surface area contributed by atoms with Crippen molar-refractivity contribution in [3.05, 3.63) is 51.2 Å². The summed E-state index contributed by atoms with van der Waals surface area (Å²) in [5.41, 5.74) is 3.65. The highest BCUT2D eigenvalue weighted by atomic mass is 16.1. The number of H-pyrrole nitrogens is 1. The Kier molecular flexibility index (Phi) is 3.02. The summed E-state index contributed by atoms with van der Waals surface area (Å²) in [6.45, 7) is 13.2. The summed E-state index contributed by atoms with van der Waals surface area (Å²) in [5.74, 6) is 0.772. The van der Waals surface area contributed by atoms with E-state index >= 15 is 0 Å². The SMILES string of the molecule is [C-]#[N+]c1ccc2c(c1)nc1[nH]c(C(C)C)c(CC)c(=O)n12. The molecule has 1 N–H and O–H groups in total. The van der Waals surface area contributed by atoms with Crippen molar-refractivity contribution in [1.29, 1.82) is 0 Å². The van der Waals surface area contributed by atoms with E-state index < -0.39 is 0 Å². The van der Waals surface area contributed by atoms with E-state index in [1.165, 1.54) is 0 Å². The molecule has 3 aromatic rings. The predicted octanol–water partition coefficient (Wildman–Crippen LogP) is 3.41. The van der Waals surface area contributed by atoms with Crippen molar-refractivity contribution in [2.75, 3.05) is 0 Å². The van der Waals surface area contributed by atoms with Gasteiger partial charge in [0.15, 0.2) is 5.69 Å². The van der Waals surface area contributed by atoms with E-state index in [4.69, 9.17) is 6.57 Å². The minimum absolute atomic E-state index is 0.0204. The Hall–Kier alpha value is -2.61. The molecule has 0 aliphatic heterocycles. The minimum Gasteiger partial charge on any atom is -0.328 e. The summed E-state index contributed by atoms with van der Waals surface area (Å²) < 4.78 is 1.60. The minimum atomic E-state index is -0.0204. The predicted molar refractivity (Wildman–Crippen MR) is 83.0 cm³/mol. The molecule has 106 valence electrons. The number of rotatable bonds is 2. The number of aromatic nitrogens is 3. The lowest BCUT2D eigenvalue weighted by molar-refractivity contribution is 0.783. The zero-order valence-electron chi connectivity index (χ0n) is 12.3. The van der Waals surface area contributed by atoms with Gasteiger partial charge in [0.05, 0.1) is 17.6 Å². The van der Waals surface area contributed by atoms with Crippen molar-refractivity contribution < 1.29 is 0 Å². The third-order valence-electron chi connectivity index (χ3n) is 3.73. The summed E-state index contributed by atoms with van der Waals surface area (Å²) in [5, 5.41) is 0. The maximum absolute atomic E-state index is 12.8. The molecular formula is C16H16N4O. The molecular weight excluding hydrogens is 264 g/mol. The van der Waals surface area contributed by atoms with Gasteiger partial charge in [-0.2, -0.15) is 0 Å². The van der Waals surface area contributed by atoms with Crippen LogP contribution in [0.15, 0.2) is 23.0 Å². The highest BCUT2D eigenvalue weighted by molar-refractivity contribution is 5.83. The fourth-order valence-corrected chi connectivity index (χ4v) is 2.71.